The fourth-order valence-electron chi connectivity index (χ4n) is 2.53. The lowest BCUT2D eigenvalue weighted by atomic mass is 10.1. The molecule has 27 heavy (non-hydrogen) atoms. The molecule has 6 heteroatoms. The van der Waals surface area contributed by atoms with Crippen LogP contribution in [0.3, 0.4) is 0 Å². The van der Waals surface area contributed by atoms with E-state index in [1.807, 2.05) is 55.5 Å². The molecule has 3 aromatic rings. The van der Waals surface area contributed by atoms with E-state index in [0.717, 1.165) is 22.4 Å². The maximum atomic E-state index is 12.0. The Morgan fingerprint density at radius 3 is 2.52 bits per heavy atom. The van der Waals surface area contributed by atoms with Gasteiger partial charge in [0.25, 0.3) is 0 Å². The summed E-state index contributed by atoms with van der Waals surface area (Å²) in [6.07, 6.45) is 6.52. The molecule has 1 aromatic heterocycles. The van der Waals surface area contributed by atoms with Crippen molar-refractivity contribution in [2.24, 2.45) is 0 Å². The van der Waals surface area contributed by atoms with Crippen LogP contribution in [-0.4, -0.2) is 27.3 Å². The van der Waals surface area contributed by atoms with Crippen molar-refractivity contribution in [3.63, 3.8) is 0 Å². The number of carbonyl (C=O) groups is 1. The van der Waals surface area contributed by atoms with Crippen LogP contribution in [0.25, 0.3) is 6.08 Å². The second-order valence-electron chi connectivity index (χ2n) is 5.96. The highest BCUT2D eigenvalue weighted by atomic mass is 16.5. The Morgan fingerprint density at radius 1 is 1.11 bits per heavy atom. The zero-order valence-electron chi connectivity index (χ0n) is 15.2. The van der Waals surface area contributed by atoms with Crippen LogP contribution in [0.5, 0.6) is 5.75 Å². The highest BCUT2D eigenvalue weighted by Gasteiger charge is 2.00. The van der Waals surface area contributed by atoms with Crippen LogP contribution in [0, 0.1) is 0 Å². The van der Waals surface area contributed by atoms with E-state index in [-0.39, 0.29) is 5.91 Å². The lowest BCUT2D eigenvalue weighted by Crippen LogP contribution is -2.20. The average Bonchev–Trinajstić information content (AvgIpc) is 3.20. The van der Waals surface area contributed by atoms with E-state index in [0.29, 0.717) is 19.7 Å². The first-order valence-electron chi connectivity index (χ1n) is 8.82. The molecule has 0 atom stereocenters. The summed E-state index contributed by atoms with van der Waals surface area (Å²) < 4.78 is 7.17. The first-order valence-corrected chi connectivity index (χ1v) is 8.82. The van der Waals surface area contributed by atoms with Crippen molar-refractivity contribution >= 4 is 12.0 Å². The normalized spacial score (nSPS) is 10.9. The maximum Gasteiger partial charge on any atom is 0.244 e. The molecule has 138 valence electrons. The van der Waals surface area contributed by atoms with E-state index < -0.39 is 0 Å². The van der Waals surface area contributed by atoms with Crippen LogP contribution in [0.15, 0.2) is 67.3 Å². The monoisotopic (exact) mass is 362 g/mol. The van der Waals surface area contributed by atoms with Gasteiger partial charge < -0.3 is 10.1 Å². The number of nitrogens with one attached hydrogen (secondary N) is 1. The summed E-state index contributed by atoms with van der Waals surface area (Å²) in [5, 5.41) is 6.97. The minimum absolute atomic E-state index is 0.129. The summed E-state index contributed by atoms with van der Waals surface area (Å²) in [6.45, 7) is 3.75. The summed E-state index contributed by atoms with van der Waals surface area (Å²) in [5.74, 6) is 0.696. The third-order valence-corrected chi connectivity index (χ3v) is 3.92. The van der Waals surface area contributed by atoms with E-state index in [1.54, 1.807) is 17.1 Å². The van der Waals surface area contributed by atoms with Crippen molar-refractivity contribution in [2.45, 2.75) is 20.0 Å². The molecule has 1 heterocycles. The van der Waals surface area contributed by atoms with E-state index in [1.165, 1.54) is 12.4 Å². The first-order chi connectivity index (χ1) is 13.2. The molecule has 0 unspecified atom stereocenters. The Balaban J connectivity index is 1.46. The molecular weight excluding hydrogens is 340 g/mol. The summed E-state index contributed by atoms with van der Waals surface area (Å²) in [6, 6.07) is 15.7. The SMILES string of the molecule is CCOc1ccc(/C=C/C(=O)NCc2ccc(Cn3cncn3)cc2)cc1. The quantitative estimate of drug-likeness (QED) is 0.625. The van der Waals surface area contributed by atoms with Crippen LogP contribution < -0.4 is 10.1 Å². The number of amides is 1. The molecule has 0 fully saturated rings. The summed E-state index contributed by atoms with van der Waals surface area (Å²) in [5.41, 5.74) is 3.12. The first kappa shape index (κ1) is 18.4. The fraction of sp³-hybridized carbons (Fsp3) is 0.190. The number of hydrogen-bond acceptors (Lipinski definition) is 4. The Hall–Kier alpha value is -3.41. The van der Waals surface area contributed by atoms with Crippen LogP contribution in [0.1, 0.15) is 23.6 Å². The second-order valence-corrected chi connectivity index (χ2v) is 5.96. The number of ether oxygens (including phenoxy) is 1. The summed E-state index contributed by atoms with van der Waals surface area (Å²) in [4.78, 5) is 15.9. The molecule has 0 bridgehead atoms. The zero-order chi connectivity index (χ0) is 18.9. The molecule has 3 rings (SSSR count). The topological polar surface area (TPSA) is 69.0 Å². The van der Waals surface area contributed by atoms with Crippen molar-refractivity contribution in [3.8, 4) is 5.75 Å². The molecule has 0 aliphatic heterocycles. The van der Waals surface area contributed by atoms with Gasteiger partial charge in [-0.25, -0.2) is 9.67 Å². The van der Waals surface area contributed by atoms with Gasteiger partial charge in [0, 0.05) is 12.6 Å². The molecule has 1 amide bonds. The van der Waals surface area contributed by atoms with Crippen LogP contribution in [0.4, 0.5) is 0 Å². The van der Waals surface area contributed by atoms with Gasteiger partial charge in [-0.15, -0.1) is 0 Å². The molecule has 0 aliphatic rings. The molecule has 0 saturated heterocycles. The van der Waals surface area contributed by atoms with Gasteiger partial charge in [0.2, 0.25) is 5.91 Å². The Kier molecular flexibility index (Phi) is 6.35. The fourth-order valence-corrected chi connectivity index (χ4v) is 2.53. The number of carbonyl (C=O) groups excluding carboxylic acids is 1. The van der Waals surface area contributed by atoms with Crippen LogP contribution in [-0.2, 0) is 17.9 Å². The third-order valence-electron chi connectivity index (χ3n) is 3.92. The molecule has 6 nitrogen and oxygen atoms in total. The lowest BCUT2D eigenvalue weighted by Gasteiger charge is -2.05. The minimum atomic E-state index is -0.129. The molecule has 2 aromatic carbocycles. The predicted molar refractivity (Wildman–Crippen MR) is 104 cm³/mol. The lowest BCUT2D eigenvalue weighted by molar-refractivity contribution is -0.116. The standard InChI is InChI=1S/C21H22N4O2/c1-2-27-20-10-7-17(8-11-20)9-12-21(26)23-13-18-3-5-19(6-4-18)14-25-16-22-15-24-25/h3-12,15-16H,2,13-14H2,1H3,(H,23,26)/b12-9+. The zero-order valence-corrected chi connectivity index (χ0v) is 15.2. The van der Waals surface area contributed by atoms with E-state index >= 15 is 0 Å². The minimum Gasteiger partial charge on any atom is -0.494 e. The van der Waals surface area contributed by atoms with Gasteiger partial charge in [-0.2, -0.15) is 5.10 Å². The van der Waals surface area contributed by atoms with Crippen molar-refractivity contribution in [2.75, 3.05) is 6.61 Å². The highest BCUT2D eigenvalue weighted by molar-refractivity contribution is 5.91. The van der Waals surface area contributed by atoms with Gasteiger partial charge in [0.05, 0.1) is 13.2 Å². The van der Waals surface area contributed by atoms with Crippen molar-refractivity contribution < 1.29 is 9.53 Å². The van der Waals surface area contributed by atoms with Gasteiger partial charge in [0.15, 0.2) is 0 Å². The van der Waals surface area contributed by atoms with E-state index in [2.05, 4.69) is 15.4 Å². The number of aromatic nitrogens is 3. The number of nitrogens with zero attached hydrogens (tertiary/aromatic N) is 3. The van der Waals surface area contributed by atoms with Crippen LogP contribution in [0.2, 0.25) is 0 Å². The molecular formula is C21H22N4O2. The number of benzene rings is 2. The molecule has 0 spiro atoms. The number of hydrogen-bond donors (Lipinski definition) is 1. The van der Waals surface area contributed by atoms with Crippen LogP contribution >= 0.6 is 0 Å². The Morgan fingerprint density at radius 2 is 1.85 bits per heavy atom. The number of rotatable bonds is 8. The van der Waals surface area contributed by atoms with E-state index in [9.17, 15) is 4.79 Å². The molecule has 0 aliphatic carbocycles. The van der Waals surface area contributed by atoms with E-state index in [4.69, 9.17) is 4.74 Å². The Bertz CT molecular complexity index is 870. The summed E-state index contributed by atoms with van der Waals surface area (Å²) >= 11 is 0. The largest absolute Gasteiger partial charge is 0.494 e. The average molecular weight is 362 g/mol. The highest BCUT2D eigenvalue weighted by Crippen LogP contribution is 2.13. The Labute approximate surface area is 158 Å². The van der Waals surface area contributed by atoms with Crippen molar-refractivity contribution in [3.05, 3.63) is 84.0 Å². The van der Waals surface area contributed by atoms with Gasteiger partial charge in [0.1, 0.15) is 18.4 Å². The third kappa shape index (κ3) is 5.81. The molecule has 0 saturated carbocycles. The second kappa shape index (κ2) is 9.33. The summed E-state index contributed by atoms with van der Waals surface area (Å²) in [7, 11) is 0. The van der Waals surface area contributed by atoms with Gasteiger partial charge in [-0.1, -0.05) is 36.4 Å². The smallest absolute Gasteiger partial charge is 0.244 e. The van der Waals surface area contributed by atoms with Crippen molar-refractivity contribution in [1.82, 2.24) is 20.1 Å². The molecule has 1 N–H and O–H groups in total. The van der Waals surface area contributed by atoms with Gasteiger partial charge in [-0.05, 0) is 41.8 Å². The van der Waals surface area contributed by atoms with Crippen molar-refractivity contribution in [1.29, 1.82) is 0 Å². The predicted octanol–water partition coefficient (Wildman–Crippen LogP) is 3.05. The maximum absolute atomic E-state index is 12.0. The van der Waals surface area contributed by atoms with Gasteiger partial charge in [-0.3, -0.25) is 4.79 Å². The van der Waals surface area contributed by atoms with Gasteiger partial charge >= 0.3 is 0 Å². The molecule has 0 radical (unpaired) electrons.